The van der Waals surface area contributed by atoms with Gasteiger partial charge in [0.1, 0.15) is 15.7 Å². The Labute approximate surface area is 96.8 Å². The third kappa shape index (κ3) is 6.62. The molecule has 0 aromatic rings. The average molecular weight is 251 g/mol. The Balaban J connectivity index is 3.83. The quantitative estimate of drug-likeness (QED) is 0.191. The lowest BCUT2D eigenvalue weighted by Crippen LogP contribution is -2.35. The van der Waals surface area contributed by atoms with Crippen molar-refractivity contribution >= 4 is 15.7 Å². The summed E-state index contributed by atoms with van der Waals surface area (Å²) in [7, 11) is -2.91. The molecule has 0 amide bonds. The Hall–Kier alpha value is -0.820. The van der Waals surface area contributed by atoms with E-state index < -0.39 is 15.3 Å². The summed E-state index contributed by atoms with van der Waals surface area (Å²) in [5, 5.41) is 14.5. The van der Waals surface area contributed by atoms with Gasteiger partial charge in [0.15, 0.2) is 0 Å². The number of amidine groups is 1. The van der Waals surface area contributed by atoms with E-state index in [0.717, 1.165) is 0 Å². The fraction of sp³-hybridized carbons (Fsp3) is 0.889. The van der Waals surface area contributed by atoms with Crippen molar-refractivity contribution < 1.29 is 13.6 Å². The number of nitrogens with one attached hydrogen (secondary N) is 1. The topological polar surface area (TPSA) is 105 Å². The number of hydrogen-bond acceptors (Lipinski definition) is 5. The number of nitrogens with zero attached hydrogens (tertiary/aromatic N) is 1. The van der Waals surface area contributed by atoms with Crippen LogP contribution in [0.1, 0.15) is 20.3 Å². The highest BCUT2D eigenvalue weighted by Crippen LogP contribution is 2.19. The molecule has 0 aromatic carbocycles. The van der Waals surface area contributed by atoms with Crippen molar-refractivity contribution in [2.24, 2.45) is 16.3 Å². The lowest BCUT2D eigenvalue weighted by molar-refractivity contribution is 0.305. The second kappa shape index (κ2) is 6.05. The molecule has 96 valence electrons. The number of oxime groups is 1. The smallest absolute Gasteiger partial charge is 0.148 e. The number of rotatable bonds is 7. The second-order valence-electron chi connectivity index (χ2n) is 4.50. The van der Waals surface area contributed by atoms with Gasteiger partial charge in [-0.05, 0) is 13.0 Å². The number of nitrogens with two attached hydrogens (primary N) is 1. The summed E-state index contributed by atoms with van der Waals surface area (Å²) < 4.78 is 21.7. The van der Waals surface area contributed by atoms with Crippen LogP contribution in [0.4, 0.5) is 0 Å². The molecule has 0 unspecified atom stereocenters. The fourth-order valence-corrected chi connectivity index (χ4v) is 1.56. The van der Waals surface area contributed by atoms with Gasteiger partial charge in [-0.1, -0.05) is 19.0 Å². The Morgan fingerprint density at radius 1 is 1.44 bits per heavy atom. The molecule has 0 atom stereocenters. The van der Waals surface area contributed by atoms with Crippen LogP contribution in [0.15, 0.2) is 5.16 Å². The second-order valence-corrected chi connectivity index (χ2v) is 6.76. The molecule has 16 heavy (non-hydrogen) atoms. The molecule has 0 bridgehead atoms. The summed E-state index contributed by atoms with van der Waals surface area (Å²) >= 11 is 0. The summed E-state index contributed by atoms with van der Waals surface area (Å²) in [5.74, 6) is 0.300. The van der Waals surface area contributed by atoms with Gasteiger partial charge in [0.25, 0.3) is 0 Å². The minimum atomic E-state index is -2.91. The van der Waals surface area contributed by atoms with Crippen LogP contribution in [0.2, 0.25) is 0 Å². The van der Waals surface area contributed by atoms with Gasteiger partial charge in [-0.3, -0.25) is 0 Å². The maximum absolute atomic E-state index is 10.8. The summed E-state index contributed by atoms with van der Waals surface area (Å²) in [6.07, 6.45) is 1.88. The van der Waals surface area contributed by atoms with Gasteiger partial charge in [-0.25, -0.2) is 8.42 Å². The first-order chi connectivity index (χ1) is 7.19. The maximum Gasteiger partial charge on any atom is 0.148 e. The van der Waals surface area contributed by atoms with Crippen LogP contribution < -0.4 is 11.1 Å². The van der Waals surface area contributed by atoms with Gasteiger partial charge in [-0.15, -0.1) is 0 Å². The highest BCUT2D eigenvalue weighted by molar-refractivity contribution is 7.90. The van der Waals surface area contributed by atoms with Crippen LogP contribution in [-0.2, 0) is 9.84 Å². The molecule has 4 N–H and O–H groups in total. The van der Waals surface area contributed by atoms with E-state index in [1.807, 2.05) is 13.8 Å². The molecule has 0 radical (unpaired) electrons. The van der Waals surface area contributed by atoms with Gasteiger partial charge in [-0.2, -0.15) is 0 Å². The molecule has 7 heteroatoms. The Morgan fingerprint density at radius 3 is 2.44 bits per heavy atom. The van der Waals surface area contributed by atoms with Crippen LogP contribution in [-0.4, -0.2) is 44.6 Å². The molecular weight excluding hydrogens is 230 g/mol. The summed E-state index contributed by atoms with van der Waals surface area (Å²) in [5.41, 5.74) is 5.12. The van der Waals surface area contributed by atoms with Crippen molar-refractivity contribution in [3.63, 3.8) is 0 Å². The average Bonchev–Trinajstić information content (AvgIpc) is 2.14. The lowest BCUT2D eigenvalue weighted by atomic mass is 9.88. The minimum Gasteiger partial charge on any atom is -0.409 e. The fourth-order valence-electron chi connectivity index (χ4n) is 1.05. The highest BCUT2D eigenvalue weighted by atomic mass is 32.2. The first-order valence-corrected chi connectivity index (χ1v) is 7.11. The van der Waals surface area contributed by atoms with E-state index in [1.165, 1.54) is 6.26 Å². The third-order valence-electron chi connectivity index (χ3n) is 2.38. The van der Waals surface area contributed by atoms with Crippen LogP contribution in [0.5, 0.6) is 0 Å². The highest BCUT2D eigenvalue weighted by Gasteiger charge is 2.22. The molecule has 0 spiro atoms. The Kier molecular flexibility index (Phi) is 5.74. The van der Waals surface area contributed by atoms with Crippen molar-refractivity contribution in [3.8, 4) is 0 Å². The van der Waals surface area contributed by atoms with Crippen molar-refractivity contribution in [2.75, 3.05) is 25.1 Å². The lowest BCUT2D eigenvalue weighted by Gasteiger charge is -2.22. The van der Waals surface area contributed by atoms with Crippen molar-refractivity contribution in [1.82, 2.24) is 5.32 Å². The van der Waals surface area contributed by atoms with Gasteiger partial charge >= 0.3 is 0 Å². The van der Waals surface area contributed by atoms with E-state index in [9.17, 15) is 8.42 Å². The van der Waals surface area contributed by atoms with E-state index in [-0.39, 0.29) is 11.6 Å². The first kappa shape index (κ1) is 15.2. The predicted octanol–water partition coefficient (Wildman–Crippen LogP) is -0.217. The monoisotopic (exact) mass is 251 g/mol. The van der Waals surface area contributed by atoms with Crippen molar-refractivity contribution in [3.05, 3.63) is 0 Å². The molecule has 0 saturated heterocycles. The van der Waals surface area contributed by atoms with E-state index in [2.05, 4.69) is 10.5 Å². The van der Waals surface area contributed by atoms with Crippen LogP contribution in [0, 0.1) is 5.41 Å². The van der Waals surface area contributed by atoms with Gasteiger partial charge in [0, 0.05) is 18.2 Å². The van der Waals surface area contributed by atoms with Crippen LogP contribution in [0.3, 0.4) is 0 Å². The number of sulfone groups is 1. The SMILES string of the molecule is CC(C)(CCNCCS(C)(=O)=O)C(N)=NO. The molecule has 0 fully saturated rings. The zero-order valence-corrected chi connectivity index (χ0v) is 10.8. The minimum absolute atomic E-state index is 0.122. The first-order valence-electron chi connectivity index (χ1n) is 5.05. The summed E-state index contributed by atoms with van der Waals surface area (Å²) in [6, 6.07) is 0. The van der Waals surface area contributed by atoms with Crippen molar-refractivity contribution in [1.29, 1.82) is 0 Å². The molecule has 0 heterocycles. The van der Waals surface area contributed by atoms with Gasteiger partial charge < -0.3 is 16.3 Å². The van der Waals surface area contributed by atoms with Gasteiger partial charge in [0.2, 0.25) is 0 Å². The predicted molar refractivity (Wildman–Crippen MR) is 64.4 cm³/mol. The van der Waals surface area contributed by atoms with E-state index >= 15 is 0 Å². The largest absolute Gasteiger partial charge is 0.409 e. The summed E-state index contributed by atoms with van der Waals surface area (Å²) in [6.45, 7) is 4.77. The van der Waals surface area contributed by atoms with Crippen molar-refractivity contribution in [2.45, 2.75) is 20.3 Å². The molecule has 0 aliphatic heterocycles. The zero-order chi connectivity index (χ0) is 12.8. The molecular formula is C9H21N3O3S. The Morgan fingerprint density at radius 2 is 2.00 bits per heavy atom. The molecule has 0 saturated carbocycles. The molecule has 0 aliphatic rings. The Bertz CT molecular complexity index is 336. The van der Waals surface area contributed by atoms with E-state index in [4.69, 9.17) is 10.9 Å². The van der Waals surface area contributed by atoms with Gasteiger partial charge in [0.05, 0.1) is 5.75 Å². The molecule has 0 aromatic heterocycles. The zero-order valence-electron chi connectivity index (χ0n) is 10.0. The number of hydrogen-bond donors (Lipinski definition) is 3. The summed E-state index contributed by atoms with van der Waals surface area (Å²) in [4.78, 5) is 0. The molecule has 6 nitrogen and oxygen atoms in total. The molecule has 0 aliphatic carbocycles. The normalized spacial score (nSPS) is 14.1. The maximum atomic E-state index is 10.8. The van der Waals surface area contributed by atoms with Crippen LogP contribution in [0.25, 0.3) is 0 Å². The standard InChI is InChI=1S/C9H21N3O3S/c1-9(2,8(10)12-13)4-5-11-6-7-16(3,14)15/h11,13H,4-7H2,1-3H3,(H2,10,12). The van der Waals surface area contributed by atoms with E-state index in [0.29, 0.717) is 19.5 Å². The van der Waals surface area contributed by atoms with E-state index in [1.54, 1.807) is 0 Å². The molecule has 0 rings (SSSR count). The van der Waals surface area contributed by atoms with Crippen LogP contribution >= 0.6 is 0 Å². The third-order valence-corrected chi connectivity index (χ3v) is 3.32.